The predicted molar refractivity (Wildman–Crippen MR) is 66.9 cm³/mol. The molecule has 2 nitrogen and oxygen atoms in total. The number of rotatable bonds is 3. The molecule has 4 aliphatic rings. The molecule has 0 aliphatic heterocycles. The van der Waals surface area contributed by atoms with Gasteiger partial charge in [0.2, 0.25) is 0 Å². The summed E-state index contributed by atoms with van der Waals surface area (Å²) in [6, 6.07) is 0. The van der Waals surface area contributed by atoms with E-state index in [2.05, 4.69) is 6.92 Å². The fraction of sp³-hybridized carbons (Fsp3) is 1.00. The summed E-state index contributed by atoms with van der Waals surface area (Å²) in [5.41, 5.74) is 13.6. The standard InChI is InChI=1S/C14H26N2/c1-12-4-11-5-13(7-12,2-3-15)9-14(6-11,8-12)10-16/h11H,2-10,15-16H2,1H3/t11-,12+,13-,14+/m0/s1. The van der Waals surface area contributed by atoms with E-state index in [0.717, 1.165) is 19.0 Å². The van der Waals surface area contributed by atoms with Gasteiger partial charge in [-0.2, -0.15) is 0 Å². The lowest BCUT2D eigenvalue weighted by Crippen LogP contribution is -2.58. The van der Waals surface area contributed by atoms with Crippen LogP contribution in [0.1, 0.15) is 51.9 Å². The maximum atomic E-state index is 6.11. The minimum Gasteiger partial charge on any atom is -0.330 e. The summed E-state index contributed by atoms with van der Waals surface area (Å²) in [6.45, 7) is 4.28. The topological polar surface area (TPSA) is 52.0 Å². The van der Waals surface area contributed by atoms with Crippen LogP contribution in [-0.2, 0) is 0 Å². The van der Waals surface area contributed by atoms with Crippen molar-refractivity contribution in [2.75, 3.05) is 13.1 Å². The Bertz CT molecular complexity index is 303. The van der Waals surface area contributed by atoms with Crippen LogP contribution in [0.4, 0.5) is 0 Å². The quantitative estimate of drug-likeness (QED) is 0.769. The molecule has 0 radical (unpaired) electrons. The van der Waals surface area contributed by atoms with Crippen LogP contribution in [0.25, 0.3) is 0 Å². The third kappa shape index (κ3) is 1.46. The Labute approximate surface area is 99.1 Å². The monoisotopic (exact) mass is 222 g/mol. The summed E-state index contributed by atoms with van der Waals surface area (Å²) < 4.78 is 0. The first-order valence-corrected chi connectivity index (χ1v) is 6.93. The van der Waals surface area contributed by atoms with Crippen molar-refractivity contribution in [3.8, 4) is 0 Å². The molecule has 0 unspecified atom stereocenters. The van der Waals surface area contributed by atoms with E-state index >= 15 is 0 Å². The molecule has 0 aromatic carbocycles. The Morgan fingerprint density at radius 3 is 2.31 bits per heavy atom. The molecule has 4 N–H and O–H groups in total. The van der Waals surface area contributed by atoms with Crippen LogP contribution in [0.15, 0.2) is 0 Å². The SMILES string of the molecule is C[C@]12C[C@@H]3C[C@@](CN)(C1)C[C@@](CCN)(C3)C2. The van der Waals surface area contributed by atoms with Crippen LogP contribution in [0, 0.1) is 22.2 Å². The van der Waals surface area contributed by atoms with Crippen LogP contribution in [0.3, 0.4) is 0 Å². The zero-order valence-corrected chi connectivity index (χ0v) is 10.6. The molecule has 2 heteroatoms. The zero-order valence-electron chi connectivity index (χ0n) is 10.6. The summed E-state index contributed by atoms with van der Waals surface area (Å²) in [4.78, 5) is 0. The Morgan fingerprint density at radius 1 is 1.00 bits per heavy atom. The normalized spacial score (nSPS) is 54.6. The largest absolute Gasteiger partial charge is 0.330 e. The molecule has 92 valence electrons. The number of hydrogen-bond donors (Lipinski definition) is 2. The van der Waals surface area contributed by atoms with E-state index in [1.165, 1.54) is 44.9 Å². The second-order valence-electron chi connectivity index (χ2n) is 7.56. The van der Waals surface area contributed by atoms with E-state index in [1.807, 2.05) is 0 Å². The number of nitrogens with two attached hydrogens (primary N) is 2. The van der Waals surface area contributed by atoms with Gasteiger partial charge in [-0.15, -0.1) is 0 Å². The third-order valence-corrected chi connectivity index (χ3v) is 5.69. The van der Waals surface area contributed by atoms with Crippen molar-refractivity contribution < 1.29 is 0 Å². The van der Waals surface area contributed by atoms with E-state index in [1.54, 1.807) is 0 Å². The van der Waals surface area contributed by atoms with Gasteiger partial charge in [-0.05, 0) is 80.2 Å². The highest BCUT2D eigenvalue weighted by Crippen LogP contribution is 2.70. The van der Waals surface area contributed by atoms with Crippen LogP contribution in [-0.4, -0.2) is 13.1 Å². The van der Waals surface area contributed by atoms with Gasteiger partial charge in [0, 0.05) is 0 Å². The molecule has 4 rings (SSSR count). The van der Waals surface area contributed by atoms with Gasteiger partial charge in [0.25, 0.3) is 0 Å². The molecule has 0 amide bonds. The van der Waals surface area contributed by atoms with Crippen molar-refractivity contribution in [1.82, 2.24) is 0 Å². The molecule has 0 spiro atoms. The molecule has 0 aromatic heterocycles. The Kier molecular flexibility index (Phi) is 2.23. The van der Waals surface area contributed by atoms with Crippen LogP contribution in [0.2, 0.25) is 0 Å². The van der Waals surface area contributed by atoms with Gasteiger partial charge in [0.1, 0.15) is 0 Å². The average molecular weight is 222 g/mol. The lowest BCUT2D eigenvalue weighted by atomic mass is 9.39. The lowest BCUT2D eigenvalue weighted by Gasteiger charge is -2.66. The third-order valence-electron chi connectivity index (χ3n) is 5.69. The van der Waals surface area contributed by atoms with Gasteiger partial charge in [-0.25, -0.2) is 0 Å². The van der Waals surface area contributed by atoms with Crippen molar-refractivity contribution in [1.29, 1.82) is 0 Å². The van der Waals surface area contributed by atoms with Gasteiger partial charge in [0.05, 0.1) is 0 Å². The van der Waals surface area contributed by atoms with Crippen molar-refractivity contribution >= 4 is 0 Å². The average Bonchev–Trinajstić information content (AvgIpc) is 2.13. The number of hydrogen-bond acceptors (Lipinski definition) is 2. The van der Waals surface area contributed by atoms with E-state index < -0.39 is 0 Å². The summed E-state index contributed by atoms with van der Waals surface area (Å²) in [5.74, 6) is 0.955. The molecule has 4 fully saturated rings. The summed E-state index contributed by atoms with van der Waals surface area (Å²) in [7, 11) is 0. The molecule has 4 bridgehead atoms. The van der Waals surface area contributed by atoms with Gasteiger partial charge in [-0.3, -0.25) is 0 Å². The van der Waals surface area contributed by atoms with Gasteiger partial charge >= 0.3 is 0 Å². The minimum atomic E-state index is 0.489. The smallest absolute Gasteiger partial charge is 0.00200 e. The fourth-order valence-electron chi connectivity index (χ4n) is 6.18. The first-order valence-electron chi connectivity index (χ1n) is 6.93. The van der Waals surface area contributed by atoms with E-state index in [9.17, 15) is 0 Å². The molecule has 0 saturated heterocycles. The molecule has 0 heterocycles. The molecular weight excluding hydrogens is 196 g/mol. The molecule has 4 saturated carbocycles. The van der Waals surface area contributed by atoms with Crippen LogP contribution >= 0.6 is 0 Å². The maximum Gasteiger partial charge on any atom is -0.00200 e. The molecule has 4 atom stereocenters. The van der Waals surface area contributed by atoms with Crippen molar-refractivity contribution in [2.45, 2.75) is 51.9 Å². The second kappa shape index (κ2) is 3.23. The van der Waals surface area contributed by atoms with E-state index in [4.69, 9.17) is 11.5 Å². The minimum absolute atomic E-state index is 0.489. The molecule has 0 aromatic rings. The van der Waals surface area contributed by atoms with E-state index in [0.29, 0.717) is 16.2 Å². The van der Waals surface area contributed by atoms with Crippen molar-refractivity contribution in [3.05, 3.63) is 0 Å². The van der Waals surface area contributed by atoms with Crippen molar-refractivity contribution in [3.63, 3.8) is 0 Å². The van der Waals surface area contributed by atoms with Crippen molar-refractivity contribution in [2.24, 2.45) is 33.6 Å². The Morgan fingerprint density at radius 2 is 1.69 bits per heavy atom. The summed E-state index contributed by atoms with van der Waals surface area (Å²) in [5, 5.41) is 0. The van der Waals surface area contributed by atoms with Crippen LogP contribution < -0.4 is 11.5 Å². The highest BCUT2D eigenvalue weighted by molar-refractivity contribution is 5.11. The van der Waals surface area contributed by atoms with Crippen LogP contribution in [0.5, 0.6) is 0 Å². The lowest BCUT2D eigenvalue weighted by molar-refractivity contribution is -0.149. The predicted octanol–water partition coefficient (Wildman–Crippen LogP) is 2.27. The Balaban J connectivity index is 1.95. The second-order valence-corrected chi connectivity index (χ2v) is 7.56. The Hall–Kier alpha value is -0.0800. The van der Waals surface area contributed by atoms with Gasteiger partial charge in [-0.1, -0.05) is 6.92 Å². The van der Waals surface area contributed by atoms with Gasteiger partial charge in [0.15, 0.2) is 0 Å². The molecule has 16 heavy (non-hydrogen) atoms. The first-order chi connectivity index (χ1) is 7.53. The summed E-state index contributed by atoms with van der Waals surface area (Å²) >= 11 is 0. The maximum absolute atomic E-state index is 6.11. The highest BCUT2D eigenvalue weighted by Gasteiger charge is 2.60. The molecular formula is C14H26N2. The van der Waals surface area contributed by atoms with E-state index in [-0.39, 0.29) is 0 Å². The first kappa shape index (κ1) is 11.0. The summed E-state index contributed by atoms with van der Waals surface area (Å²) in [6.07, 6.45) is 9.74. The zero-order chi connectivity index (χ0) is 11.4. The van der Waals surface area contributed by atoms with Gasteiger partial charge < -0.3 is 11.5 Å². The molecule has 4 aliphatic carbocycles. The highest BCUT2D eigenvalue weighted by atomic mass is 14.7. The fourth-order valence-corrected chi connectivity index (χ4v) is 6.18.